The second-order valence-electron chi connectivity index (χ2n) is 4.58. The molecule has 0 radical (unpaired) electrons. The molecule has 2 rings (SSSR count). The van der Waals surface area contributed by atoms with E-state index in [-0.39, 0.29) is 5.75 Å². The van der Waals surface area contributed by atoms with Crippen molar-refractivity contribution in [3.63, 3.8) is 0 Å². The summed E-state index contributed by atoms with van der Waals surface area (Å²) in [6.45, 7) is 0. The smallest absolute Gasteiger partial charge is 0.329 e. The molecular weight excluding hydrogens is 378 g/mol. The van der Waals surface area contributed by atoms with Gasteiger partial charge in [-0.15, -0.1) is 0 Å². The van der Waals surface area contributed by atoms with Crippen molar-refractivity contribution in [2.75, 3.05) is 12.4 Å². The maximum absolute atomic E-state index is 11.7. The van der Waals surface area contributed by atoms with Crippen LogP contribution in [-0.4, -0.2) is 30.2 Å². The molecule has 2 amide bonds. The molecule has 3 N–H and O–H groups in total. The Hall–Kier alpha value is -2.87. The largest absolute Gasteiger partial charge is 0.507 e. The minimum atomic E-state index is -0.934. The number of phenolic OH excluding ortho intramolecular Hbond substituents is 1. The zero-order valence-corrected chi connectivity index (χ0v) is 14.2. The number of ether oxygens (including phenoxy) is 1. The molecule has 0 fully saturated rings. The number of hydrogen-bond donors (Lipinski definition) is 3. The quantitative estimate of drug-likeness (QED) is 0.422. The molecule has 0 unspecified atom stereocenters. The van der Waals surface area contributed by atoms with Crippen molar-refractivity contribution in [3.05, 3.63) is 52.5 Å². The predicted molar refractivity (Wildman–Crippen MR) is 93.2 cm³/mol. The van der Waals surface area contributed by atoms with Gasteiger partial charge in [0.1, 0.15) is 11.5 Å². The van der Waals surface area contributed by atoms with E-state index in [2.05, 4.69) is 31.8 Å². The summed E-state index contributed by atoms with van der Waals surface area (Å²) in [5.41, 5.74) is 2.93. The average molecular weight is 392 g/mol. The molecule has 2 aromatic carbocycles. The van der Waals surface area contributed by atoms with Gasteiger partial charge in [-0.3, -0.25) is 9.59 Å². The molecule has 0 saturated heterocycles. The van der Waals surface area contributed by atoms with Crippen LogP contribution < -0.4 is 15.5 Å². The fourth-order valence-corrected chi connectivity index (χ4v) is 2.08. The Labute approximate surface area is 146 Å². The van der Waals surface area contributed by atoms with Crippen LogP contribution in [0.3, 0.4) is 0 Å². The van der Waals surface area contributed by atoms with Gasteiger partial charge in [-0.1, -0.05) is 15.9 Å². The van der Waals surface area contributed by atoms with Crippen LogP contribution >= 0.6 is 15.9 Å². The Morgan fingerprint density at radius 3 is 2.54 bits per heavy atom. The van der Waals surface area contributed by atoms with Crippen molar-refractivity contribution in [1.29, 1.82) is 0 Å². The number of methoxy groups -OCH3 is 1. The summed E-state index contributed by atoms with van der Waals surface area (Å²) in [4.78, 5) is 23.4. The third-order valence-corrected chi connectivity index (χ3v) is 3.41. The van der Waals surface area contributed by atoms with E-state index in [4.69, 9.17) is 4.74 Å². The van der Waals surface area contributed by atoms with Crippen molar-refractivity contribution in [1.82, 2.24) is 5.43 Å². The average Bonchev–Trinajstić information content (AvgIpc) is 2.58. The first-order chi connectivity index (χ1) is 11.5. The molecule has 0 aliphatic carbocycles. The Morgan fingerprint density at radius 2 is 1.88 bits per heavy atom. The van der Waals surface area contributed by atoms with Crippen LogP contribution in [0.15, 0.2) is 52.0 Å². The van der Waals surface area contributed by atoms with Gasteiger partial charge in [0, 0.05) is 15.7 Å². The number of nitrogens with zero attached hydrogens (tertiary/aromatic N) is 1. The van der Waals surface area contributed by atoms with Crippen LogP contribution in [0.4, 0.5) is 5.69 Å². The number of carbonyl (C=O) groups excluding carboxylic acids is 2. The van der Waals surface area contributed by atoms with Crippen molar-refractivity contribution < 1.29 is 19.4 Å². The molecule has 0 aromatic heterocycles. The number of rotatable bonds is 4. The van der Waals surface area contributed by atoms with Crippen LogP contribution in [0.2, 0.25) is 0 Å². The molecule has 24 heavy (non-hydrogen) atoms. The van der Waals surface area contributed by atoms with Gasteiger partial charge in [-0.25, -0.2) is 5.43 Å². The molecule has 0 aliphatic rings. The van der Waals surface area contributed by atoms with E-state index in [0.717, 1.165) is 4.47 Å². The van der Waals surface area contributed by atoms with E-state index in [1.165, 1.54) is 19.4 Å². The lowest BCUT2D eigenvalue weighted by Crippen LogP contribution is -2.32. The maximum Gasteiger partial charge on any atom is 0.329 e. The number of halogens is 1. The van der Waals surface area contributed by atoms with Crippen LogP contribution in [0, 0.1) is 0 Å². The van der Waals surface area contributed by atoms with E-state index in [0.29, 0.717) is 17.0 Å². The minimum Gasteiger partial charge on any atom is -0.507 e. The number of nitrogens with one attached hydrogen (secondary N) is 2. The standard InChI is InChI=1S/C16H14BrN3O4/c1-24-13-5-3-12(4-6-13)19-15(22)16(23)20-18-9-10-8-11(17)2-7-14(10)21/h2-9,21H,1H3,(H,19,22)(H,20,23)/b18-9-. The first-order valence-corrected chi connectivity index (χ1v) is 7.56. The van der Waals surface area contributed by atoms with E-state index in [1.54, 1.807) is 36.4 Å². The van der Waals surface area contributed by atoms with Crippen molar-refractivity contribution in [3.8, 4) is 11.5 Å². The van der Waals surface area contributed by atoms with E-state index in [1.807, 2.05) is 0 Å². The summed E-state index contributed by atoms with van der Waals surface area (Å²) in [7, 11) is 1.53. The van der Waals surface area contributed by atoms with Gasteiger partial charge in [0.15, 0.2) is 0 Å². The van der Waals surface area contributed by atoms with Crippen LogP contribution in [0.1, 0.15) is 5.56 Å². The fraction of sp³-hybridized carbons (Fsp3) is 0.0625. The second kappa shape index (κ2) is 8.11. The highest BCUT2D eigenvalue weighted by atomic mass is 79.9. The summed E-state index contributed by atoms with van der Waals surface area (Å²) < 4.78 is 5.74. The highest BCUT2D eigenvalue weighted by Gasteiger charge is 2.12. The highest BCUT2D eigenvalue weighted by molar-refractivity contribution is 9.10. The third kappa shape index (κ3) is 4.82. The maximum atomic E-state index is 11.7. The van der Waals surface area contributed by atoms with E-state index < -0.39 is 11.8 Å². The number of phenols is 1. The van der Waals surface area contributed by atoms with Crippen molar-refractivity contribution in [2.45, 2.75) is 0 Å². The fourth-order valence-electron chi connectivity index (χ4n) is 1.70. The van der Waals surface area contributed by atoms with Gasteiger partial charge in [0.2, 0.25) is 0 Å². The molecule has 0 bridgehead atoms. The normalized spacial score (nSPS) is 10.4. The molecule has 0 saturated carbocycles. The lowest BCUT2D eigenvalue weighted by atomic mass is 10.2. The number of aromatic hydroxyl groups is 1. The predicted octanol–water partition coefficient (Wildman–Crippen LogP) is 2.25. The molecule has 0 spiro atoms. The van der Waals surface area contributed by atoms with Crippen LogP contribution in [0.25, 0.3) is 0 Å². The Kier molecular flexibility index (Phi) is 5.91. The lowest BCUT2D eigenvalue weighted by molar-refractivity contribution is -0.136. The molecule has 7 nitrogen and oxygen atoms in total. The SMILES string of the molecule is COc1ccc(NC(=O)C(=O)N/N=C\c2cc(Br)ccc2O)cc1. The van der Waals surface area contributed by atoms with E-state index >= 15 is 0 Å². The summed E-state index contributed by atoms with van der Waals surface area (Å²) in [6, 6.07) is 11.3. The first kappa shape index (κ1) is 17.5. The summed E-state index contributed by atoms with van der Waals surface area (Å²) in [5.74, 6) is -1.16. The van der Waals surface area contributed by atoms with Gasteiger partial charge < -0.3 is 15.2 Å². The second-order valence-corrected chi connectivity index (χ2v) is 5.50. The van der Waals surface area contributed by atoms with Gasteiger partial charge in [-0.05, 0) is 42.5 Å². The number of benzene rings is 2. The highest BCUT2D eigenvalue weighted by Crippen LogP contribution is 2.20. The molecule has 0 atom stereocenters. The summed E-state index contributed by atoms with van der Waals surface area (Å²) >= 11 is 3.25. The van der Waals surface area contributed by atoms with Crippen LogP contribution in [-0.2, 0) is 9.59 Å². The number of carbonyl (C=O) groups is 2. The third-order valence-electron chi connectivity index (χ3n) is 2.91. The van der Waals surface area contributed by atoms with Crippen LogP contribution in [0.5, 0.6) is 11.5 Å². The zero-order chi connectivity index (χ0) is 17.5. The lowest BCUT2D eigenvalue weighted by Gasteiger charge is -2.05. The van der Waals surface area contributed by atoms with Gasteiger partial charge in [-0.2, -0.15) is 5.10 Å². The molecule has 8 heteroatoms. The van der Waals surface area contributed by atoms with E-state index in [9.17, 15) is 14.7 Å². The molecule has 2 aromatic rings. The molecule has 0 aliphatic heterocycles. The van der Waals surface area contributed by atoms with Gasteiger partial charge in [0.25, 0.3) is 0 Å². The monoisotopic (exact) mass is 391 g/mol. The molecule has 0 heterocycles. The molecule has 124 valence electrons. The number of hydrogen-bond acceptors (Lipinski definition) is 5. The summed E-state index contributed by atoms with van der Waals surface area (Å²) in [6.07, 6.45) is 1.23. The van der Waals surface area contributed by atoms with Gasteiger partial charge >= 0.3 is 11.8 Å². The minimum absolute atomic E-state index is 0.00103. The number of amides is 2. The summed E-state index contributed by atoms with van der Waals surface area (Å²) in [5, 5.41) is 15.7. The Morgan fingerprint density at radius 1 is 1.17 bits per heavy atom. The zero-order valence-electron chi connectivity index (χ0n) is 12.6. The van der Waals surface area contributed by atoms with Crippen molar-refractivity contribution in [2.24, 2.45) is 5.10 Å². The topological polar surface area (TPSA) is 100 Å². The number of anilines is 1. The molecular formula is C16H14BrN3O4. The number of hydrazone groups is 1. The first-order valence-electron chi connectivity index (χ1n) is 6.76. The van der Waals surface area contributed by atoms with Crippen molar-refractivity contribution >= 4 is 39.6 Å². The van der Waals surface area contributed by atoms with Gasteiger partial charge in [0.05, 0.1) is 13.3 Å². The Balaban J connectivity index is 1.92. The Bertz CT molecular complexity index is 775.